The van der Waals surface area contributed by atoms with Gasteiger partial charge in [0, 0.05) is 24.6 Å². The van der Waals surface area contributed by atoms with Gasteiger partial charge in [0.25, 0.3) is 0 Å². The molecule has 0 fully saturated rings. The number of hydrogen-bond donors (Lipinski definition) is 0. The maximum Gasteiger partial charge on any atom is 0.159 e. The molecule has 0 radical (unpaired) electrons. The fraction of sp³-hybridized carbons (Fsp3) is 0.583. The van der Waals surface area contributed by atoms with Gasteiger partial charge in [0.2, 0.25) is 0 Å². The van der Waals surface area contributed by atoms with Crippen molar-refractivity contribution in [1.82, 2.24) is 9.97 Å². The predicted octanol–water partition coefficient (Wildman–Crippen LogP) is 5.94. The molecule has 1 atom stereocenters. The SMILES string of the molecule is CCCCCCOC1Cc2ccc(-c3ncc(CCCCC)cn3)cc2C1. The standard InChI is InChI=1S/C24H34N2O/c1-3-5-7-9-13-27-23-15-20-11-12-21(14-22(20)16-23)24-25-17-19(18-26-24)10-8-6-4-2/h11-12,14,17-18,23H,3-10,13,15-16H2,1-2H3. The minimum atomic E-state index is 0.346. The summed E-state index contributed by atoms with van der Waals surface area (Å²) in [7, 11) is 0. The first-order chi connectivity index (χ1) is 13.3. The molecule has 27 heavy (non-hydrogen) atoms. The van der Waals surface area contributed by atoms with E-state index in [4.69, 9.17) is 4.74 Å². The van der Waals surface area contributed by atoms with Crippen molar-refractivity contribution in [2.75, 3.05) is 6.61 Å². The van der Waals surface area contributed by atoms with Gasteiger partial charge in [-0.2, -0.15) is 0 Å². The summed E-state index contributed by atoms with van der Waals surface area (Å²) in [5, 5.41) is 0. The summed E-state index contributed by atoms with van der Waals surface area (Å²) in [5.74, 6) is 0.834. The van der Waals surface area contributed by atoms with Crippen molar-refractivity contribution >= 4 is 0 Å². The Labute approximate surface area is 164 Å². The highest BCUT2D eigenvalue weighted by Crippen LogP contribution is 2.28. The number of nitrogens with zero attached hydrogens (tertiary/aromatic N) is 2. The Morgan fingerprint density at radius 1 is 0.889 bits per heavy atom. The second kappa shape index (κ2) is 10.6. The zero-order chi connectivity index (χ0) is 18.9. The van der Waals surface area contributed by atoms with E-state index in [2.05, 4.69) is 42.0 Å². The average molecular weight is 367 g/mol. The Hall–Kier alpha value is -1.74. The zero-order valence-electron chi connectivity index (χ0n) is 17.0. The molecule has 0 bridgehead atoms. The number of hydrogen-bond acceptors (Lipinski definition) is 3. The van der Waals surface area contributed by atoms with Crippen molar-refractivity contribution in [3.05, 3.63) is 47.3 Å². The molecule has 1 aromatic carbocycles. The molecule has 0 amide bonds. The van der Waals surface area contributed by atoms with Crippen molar-refractivity contribution in [2.24, 2.45) is 0 Å². The molecular weight excluding hydrogens is 332 g/mol. The molecule has 0 saturated carbocycles. The van der Waals surface area contributed by atoms with Gasteiger partial charge >= 0.3 is 0 Å². The molecule has 1 aromatic heterocycles. The van der Waals surface area contributed by atoms with E-state index in [1.54, 1.807) is 0 Å². The van der Waals surface area contributed by atoms with Gasteiger partial charge < -0.3 is 4.74 Å². The smallest absolute Gasteiger partial charge is 0.159 e. The monoisotopic (exact) mass is 366 g/mol. The van der Waals surface area contributed by atoms with E-state index in [-0.39, 0.29) is 0 Å². The molecule has 0 N–H and O–H groups in total. The van der Waals surface area contributed by atoms with Crippen LogP contribution < -0.4 is 0 Å². The molecule has 1 unspecified atom stereocenters. The lowest BCUT2D eigenvalue weighted by Crippen LogP contribution is -2.13. The fourth-order valence-corrected chi connectivity index (χ4v) is 3.83. The lowest BCUT2D eigenvalue weighted by atomic mass is 10.1. The summed E-state index contributed by atoms with van der Waals surface area (Å²) >= 11 is 0. The van der Waals surface area contributed by atoms with Gasteiger partial charge in [-0.25, -0.2) is 9.97 Å². The first-order valence-electron chi connectivity index (χ1n) is 10.8. The number of benzene rings is 1. The highest BCUT2D eigenvalue weighted by molar-refractivity contribution is 5.58. The molecule has 146 valence electrons. The molecule has 0 saturated heterocycles. The van der Waals surface area contributed by atoms with Gasteiger partial charge in [-0.3, -0.25) is 0 Å². The van der Waals surface area contributed by atoms with Gasteiger partial charge in [-0.1, -0.05) is 58.1 Å². The second-order valence-electron chi connectivity index (χ2n) is 7.82. The Kier molecular flexibility index (Phi) is 7.82. The van der Waals surface area contributed by atoms with Crippen LogP contribution in [0.2, 0.25) is 0 Å². The van der Waals surface area contributed by atoms with Gasteiger partial charge in [-0.15, -0.1) is 0 Å². The van der Waals surface area contributed by atoms with E-state index in [1.165, 1.54) is 61.6 Å². The predicted molar refractivity (Wildman–Crippen MR) is 112 cm³/mol. The number of unbranched alkanes of at least 4 members (excludes halogenated alkanes) is 5. The summed E-state index contributed by atoms with van der Waals surface area (Å²) < 4.78 is 6.11. The highest BCUT2D eigenvalue weighted by atomic mass is 16.5. The summed E-state index contributed by atoms with van der Waals surface area (Å²) in [5.41, 5.74) is 5.19. The van der Waals surface area contributed by atoms with Crippen LogP contribution in [0.25, 0.3) is 11.4 Å². The van der Waals surface area contributed by atoms with E-state index in [9.17, 15) is 0 Å². The Morgan fingerprint density at radius 2 is 1.63 bits per heavy atom. The molecular formula is C24H34N2O. The molecule has 0 spiro atoms. The molecule has 3 nitrogen and oxygen atoms in total. The van der Waals surface area contributed by atoms with Crippen molar-refractivity contribution in [3.63, 3.8) is 0 Å². The van der Waals surface area contributed by atoms with Crippen LogP contribution in [0.15, 0.2) is 30.6 Å². The van der Waals surface area contributed by atoms with Crippen molar-refractivity contribution in [2.45, 2.75) is 84.2 Å². The van der Waals surface area contributed by atoms with Crippen LogP contribution in [0.4, 0.5) is 0 Å². The van der Waals surface area contributed by atoms with Crippen LogP contribution in [-0.2, 0) is 24.0 Å². The maximum atomic E-state index is 6.11. The molecule has 1 aliphatic carbocycles. The molecule has 1 aliphatic rings. The molecule has 0 aliphatic heterocycles. The normalized spacial score (nSPS) is 15.9. The Bertz CT molecular complexity index is 696. The van der Waals surface area contributed by atoms with Crippen LogP contribution in [0.5, 0.6) is 0 Å². The Balaban J connectivity index is 1.54. The largest absolute Gasteiger partial charge is 0.378 e. The molecule has 3 heteroatoms. The van der Waals surface area contributed by atoms with Gasteiger partial charge in [0.1, 0.15) is 0 Å². The van der Waals surface area contributed by atoms with E-state index in [1.807, 2.05) is 12.4 Å². The molecule has 3 rings (SSSR count). The van der Waals surface area contributed by atoms with Gasteiger partial charge in [0.05, 0.1) is 6.10 Å². The summed E-state index contributed by atoms with van der Waals surface area (Å²) in [6.45, 7) is 5.37. The quantitative estimate of drug-likeness (QED) is 0.462. The number of aromatic nitrogens is 2. The average Bonchev–Trinajstić information content (AvgIpc) is 3.10. The molecule has 2 aromatic rings. The first kappa shape index (κ1) is 20.0. The van der Waals surface area contributed by atoms with Crippen molar-refractivity contribution in [3.8, 4) is 11.4 Å². The van der Waals surface area contributed by atoms with E-state index >= 15 is 0 Å². The minimum Gasteiger partial charge on any atom is -0.378 e. The maximum absolute atomic E-state index is 6.11. The van der Waals surface area contributed by atoms with Gasteiger partial charge in [-0.05, 0) is 54.9 Å². The number of rotatable bonds is 11. The van der Waals surface area contributed by atoms with E-state index < -0.39 is 0 Å². The summed E-state index contributed by atoms with van der Waals surface area (Å²) in [4.78, 5) is 9.22. The summed E-state index contributed by atoms with van der Waals surface area (Å²) in [6, 6.07) is 6.67. The van der Waals surface area contributed by atoms with Crippen LogP contribution in [0.1, 0.15) is 75.5 Å². The number of ether oxygens (including phenoxy) is 1. The third-order valence-electron chi connectivity index (χ3n) is 5.49. The lowest BCUT2D eigenvalue weighted by molar-refractivity contribution is 0.0579. The van der Waals surface area contributed by atoms with Crippen LogP contribution >= 0.6 is 0 Å². The molecule has 1 heterocycles. The van der Waals surface area contributed by atoms with Crippen LogP contribution in [-0.4, -0.2) is 22.7 Å². The fourth-order valence-electron chi connectivity index (χ4n) is 3.83. The number of fused-ring (bicyclic) bond motifs is 1. The third kappa shape index (κ3) is 5.87. The zero-order valence-corrected chi connectivity index (χ0v) is 17.0. The lowest BCUT2D eigenvalue weighted by Gasteiger charge is -2.10. The van der Waals surface area contributed by atoms with Crippen LogP contribution in [0, 0.1) is 0 Å². The van der Waals surface area contributed by atoms with E-state index in [0.29, 0.717) is 6.10 Å². The van der Waals surface area contributed by atoms with Gasteiger partial charge in [0.15, 0.2) is 5.82 Å². The van der Waals surface area contributed by atoms with Crippen LogP contribution in [0.3, 0.4) is 0 Å². The highest BCUT2D eigenvalue weighted by Gasteiger charge is 2.22. The first-order valence-corrected chi connectivity index (χ1v) is 10.8. The number of aryl methyl sites for hydroxylation is 1. The second-order valence-corrected chi connectivity index (χ2v) is 7.82. The van der Waals surface area contributed by atoms with Crippen molar-refractivity contribution in [1.29, 1.82) is 0 Å². The third-order valence-corrected chi connectivity index (χ3v) is 5.49. The minimum absolute atomic E-state index is 0.346. The van der Waals surface area contributed by atoms with Crippen molar-refractivity contribution < 1.29 is 4.74 Å². The Morgan fingerprint density at radius 3 is 2.41 bits per heavy atom. The summed E-state index contributed by atoms with van der Waals surface area (Å²) in [6.07, 6.45) is 16.3. The topological polar surface area (TPSA) is 35.0 Å². The van der Waals surface area contributed by atoms with E-state index in [0.717, 1.165) is 37.3 Å².